The Balaban J connectivity index is 2.30. The van der Waals surface area contributed by atoms with Gasteiger partial charge in [-0.3, -0.25) is 4.79 Å². The lowest BCUT2D eigenvalue weighted by atomic mass is 10.1. The summed E-state index contributed by atoms with van der Waals surface area (Å²) in [6.07, 6.45) is 0. The number of ether oxygens (including phenoxy) is 2. The van der Waals surface area contributed by atoms with Gasteiger partial charge in [0.05, 0.1) is 31.2 Å². The number of nitrogens with two attached hydrogens (primary N) is 1. The van der Waals surface area contributed by atoms with Crippen molar-refractivity contribution in [2.24, 2.45) is 0 Å². The van der Waals surface area contributed by atoms with Crippen molar-refractivity contribution in [2.75, 3.05) is 25.3 Å². The molecule has 0 atom stereocenters. The standard InChI is InChI=1S/C15H15FN2O3/c1-20-9-6-7-11(16)12(8-9)18-15(19)10-4-3-5-13(21-2)14(10)17/h3-8H,17H2,1-2H3,(H,18,19). The third kappa shape index (κ3) is 3.05. The molecule has 110 valence electrons. The smallest absolute Gasteiger partial charge is 0.257 e. The Hall–Kier alpha value is -2.76. The average Bonchev–Trinajstić information content (AvgIpc) is 2.49. The largest absolute Gasteiger partial charge is 0.497 e. The maximum atomic E-state index is 13.7. The van der Waals surface area contributed by atoms with Crippen LogP contribution >= 0.6 is 0 Å². The molecule has 2 rings (SSSR count). The fraction of sp³-hybridized carbons (Fsp3) is 0.133. The Morgan fingerprint density at radius 1 is 1.19 bits per heavy atom. The van der Waals surface area contributed by atoms with Crippen LogP contribution in [0.2, 0.25) is 0 Å². The maximum absolute atomic E-state index is 13.7. The lowest BCUT2D eigenvalue weighted by Crippen LogP contribution is -2.15. The van der Waals surface area contributed by atoms with Crippen LogP contribution in [0, 0.1) is 5.82 Å². The van der Waals surface area contributed by atoms with Gasteiger partial charge in [-0.2, -0.15) is 0 Å². The lowest BCUT2D eigenvalue weighted by Gasteiger charge is -2.11. The van der Waals surface area contributed by atoms with Crippen LogP contribution in [0.1, 0.15) is 10.4 Å². The number of halogens is 1. The van der Waals surface area contributed by atoms with E-state index < -0.39 is 11.7 Å². The number of carbonyl (C=O) groups is 1. The highest BCUT2D eigenvalue weighted by atomic mass is 19.1. The number of nitrogens with one attached hydrogen (secondary N) is 1. The van der Waals surface area contributed by atoms with Crippen molar-refractivity contribution >= 4 is 17.3 Å². The van der Waals surface area contributed by atoms with Crippen molar-refractivity contribution in [1.29, 1.82) is 0 Å². The lowest BCUT2D eigenvalue weighted by molar-refractivity contribution is 0.102. The fourth-order valence-corrected chi connectivity index (χ4v) is 1.84. The topological polar surface area (TPSA) is 73.6 Å². The fourth-order valence-electron chi connectivity index (χ4n) is 1.84. The molecule has 2 aromatic carbocycles. The van der Waals surface area contributed by atoms with Gasteiger partial charge < -0.3 is 20.5 Å². The Kier molecular flexibility index (Phi) is 4.27. The van der Waals surface area contributed by atoms with E-state index in [4.69, 9.17) is 15.2 Å². The summed E-state index contributed by atoms with van der Waals surface area (Å²) in [7, 11) is 2.91. The second-order valence-electron chi connectivity index (χ2n) is 4.22. The number of methoxy groups -OCH3 is 2. The number of anilines is 2. The molecule has 0 aromatic heterocycles. The van der Waals surface area contributed by atoms with Crippen LogP contribution < -0.4 is 20.5 Å². The van der Waals surface area contributed by atoms with E-state index in [1.54, 1.807) is 12.1 Å². The summed E-state index contributed by atoms with van der Waals surface area (Å²) in [5.74, 6) is -0.275. The Labute approximate surface area is 121 Å². The molecule has 1 amide bonds. The molecule has 3 N–H and O–H groups in total. The molecule has 0 bridgehead atoms. The predicted octanol–water partition coefficient (Wildman–Crippen LogP) is 2.68. The molecule has 0 radical (unpaired) electrons. The molecule has 0 aliphatic carbocycles. The van der Waals surface area contributed by atoms with Gasteiger partial charge in [0.15, 0.2) is 0 Å². The molecule has 0 aliphatic rings. The molecule has 0 fully saturated rings. The minimum Gasteiger partial charge on any atom is -0.497 e. The van der Waals surface area contributed by atoms with Gasteiger partial charge in [-0.25, -0.2) is 4.39 Å². The number of nitrogen functional groups attached to an aromatic ring is 1. The van der Waals surface area contributed by atoms with E-state index in [2.05, 4.69) is 5.32 Å². The molecule has 2 aromatic rings. The Bertz CT molecular complexity index is 674. The van der Waals surface area contributed by atoms with Gasteiger partial charge in [-0.15, -0.1) is 0 Å². The van der Waals surface area contributed by atoms with Crippen molar-refractivity contribution in [3.8, 4) is 11.5 Å². The normalized spacial score (nSPS) is 10.0. The van der Waals surface area contributed by atoms with Gasteiger partial charge in [0.1, 0.15) is 17.3 Å². The number of hydrogen-bond acceptors (Lipinski definition) is 4. The first-order valence-electron chi connectivity index (χ1n) is 6.14. The van der Waals surface area contributed by atoms with Crippen LogP contribution in [-0.4, -0.2) is 20.1 Å². The van der Waals surface area contributed by atoms with Gasteiger partial charge >= 0.3 is 0 Å². The number of amides is 1. The van der Waals surface area contributed by atoms with Crippen LogP contribution in [-0.2, 0) is 0 Å². The molecule has 6 heteroatoms. The molecule has 0 heterocycles. The molecule has 0 unspecified atom stereocenters. The van der Waals surface area contributed by atoms with Gasteiger partial charge in [0.2, 0.25) is 0 Å². The summed E-state index contributed by atoms with van der Waals surface area (Å²) >= 11 is 0. The van der Waals surface area contributed by atoms with Crippen LogP contribution in [0.5, 0.6) is 11.5 Å². The van der Waals surface area contributed by atoms with Crippen LogP contribution in [0.25, 0.3) is 0 Å². The van der Waals surface area contributed by atoms with Crippen LogP contribution in [0.4, 0.5) is 15.8 Å². The van der Waals surface area contributed by atoms with E-state index in [0.29, 0.717) is 11.5 Å². The van der Waals surface area contributed by atoms with E-state index in [9.17, 15) is 9.18 Å². The summed E-state index contributed by atoms with van der Waals surface area (Å²) in [4.78, 5) is 12.2. The summed E-state index contributed by atoms with van der Waals surface area (Å²) in [6, 6.07) is 8.87. The minimum absolute atomic E-state index is 0.0153. The SMILES string of the molecule is COc1ccc(F)c(NC(=O)c2cccc(OC)c2N)c1. The minimum atomic E-state index is -0.564. The molecule has 0 saturated heterocycles. The highest BCUT2D eigenvalue weighted by Gasteiger charge is 2.15. The van der Waals surface area contributed by atoms with Crippen molar-refractivity contribution < 1.29 is 18.7 Å². The second-order valence-corrected chi connectivity index (χ2v) is 4.22. The van der Waals surface area contributed by atoms with E-state index in [1.165, 1.54) is 38.5 Å². The van der Waals surface area contributed by atoms with E-state index in [1.807, 2.05) is 0 Å². The number of para-hydroxylation sites is 1. The highest BCUT2D eigenvalue weighted by molar-refractivity contribution is 6.08. The van der Waals surface area contributed by atoms with Crippen molar-refractivity contribution in [2.45, 2.75) is 0 Å². The summed E-state index contributed by atoms with van der Waals surface area (Å²) in [5, 5.41) is 2.46. The first kappa shape index (κ1) is 14.6. The van der Waals surface area contributed by atoms with E-state index in [0.717, 1.165) is 0 Å². The monoisotopic (exact) mass is 290 g/mol. The molecule has 5 nitrogen and oxygen atoms in total. The van der Waals surface area contributed by atoms with Crippen LogP contribution in [0.3, 0.4) is 0 Å². The zero-order valence-corrected chi connectivity index (χ0v) is 11.6. The quantitative estimate of drug-likeness (QED) is 0.849. The van der Waals surface area contributed by atoms with Gasteiger partial charge in [-0.1, -0.05) is 6.07 Å². The highest BCUT2D eigenvalue weighted by Crippen LogP contribution is 2.27. The van der Waals surface area contributed by atoms with Gasteiger partial charge in [0.25, 0.3) is 5.91 Å². The molecular formula is C15H15FN2O3. The maximum Gasteiger partial charge on any atom is 0.257 e. The number of benzene rings is 2. The van der Waals surface area contributed by atoms with Gasteiger partial charge in [0, 0.05) is 6.07 Å². The Morgan fingerprint density at radius 3 is 2.62 bits per heavy atom. The number of hydrogen-bond donors (Lipinski definition) is 2. The summed E-state index contributed by atoms with van der Waals surface area (Å²) in [5.41, 5.74) is 6.25. The second kappa shape index (κ2) is 6.13. The third-order valence-electron chi connectivity index (χ3n) is 2.95. The average molecular weight is 290 g/mol. The molecule has 0 spiro atoms. The van der Waals surface area contributed by atoms with E-state index >= 15 is 0 Å². The molecular weight excluding hydrogens is 275 g/mol. The number of carbonyl (C=O) groups excluding carboxylic acids is 1. The summed E-state index contributed by atoms with van der Waals surface area (Å²) < 4.78 is 23.7. The number of rotatable bonds is 4. The first-order chi connectivity index (χ1) is 10.1. The first-order valence-corrected chi connectivity index (χ1v) is 6.14. The van der Waals surface area contributed by atoms with Crippen molar-refractivity contribution in [3.63, 3.8) is 0 Å². The Morgan fingerprint density at radius 2 is 1.95 bits per heavy atom. The van der Waals surface area contributed by atoms with Crippen molar-refractivity contribution in [3.05, 3.63) is 47.8 Å². The zero-order chi connectivity index (χ0) is 15.4. The van der Waals surface area contributed by atoms with Crippen LogP contribution in [0.15, 0.2) is 36.4 Å². The molecule has 0 aliphatic heterocycles. The van der Waals surface area contributed by atoms with E-state index in [-0.39, 0.29) is 16.9 Å². The molecule has 21 heavy (non-hydrogen) atoms. The zero-order valence-electron chi connectivity index (χ0n) is 11.6. The van der Waals surface area contributed by atoms with Gasteiger partial charge in [-0.05, 0) is 24.3 Å². The van der Waals surface area contributed by atoms with Crippen molar-refractivity contribution in [1.82, 2.24) is 0 Å². The third-order valence-corrected chi connectivity index (χ3v) is 2.95. The summed E-state index contributed by atoms with van der Waals surface area (Å²) in [6.45, 7) is 0. The molecule has 0 saturated carbocycles. The predicted molar refractivity (Wildman–Crippen MR) is 78.3 cm³/mol.